The third-order valence-electron chi connectivity index (χ3n) is 2.39. The first-order chi connectivity index (χ1) is 7.30. The number of ether oxygens (including phenoxy) is 2. The van der Waals surface area contributed by atoms with E-state index in [9.17, 15) is 0 Å². The Kier molecular flexibility index (Phi) is 6.87. The van der Waals surface area contributed by atoms with Gasteiger partial charge in [-0.1, -0.05) is 0 Å². The highest BCUT2D eigenvalue weighted by Crippen LogP contribution is 1.98. The van der Waals surface area contributed by atoms with E-state index >= 15 is 0 Å². The average molecular weight is 217 g/mol. The van der Waals surface area contributed by atoms with Crippen molar-refractivity contribution in [2.75, 3.05) is 46.0 Å². The number of morpholine rings is 2. The SMILES string of the molecule is C1COCCN1.CC(N)C1CNCCO1. The lowest BCUT2D eigenvalue weighted by atomic mass is 10.2. The second-order valence-corrected chi connectivity index (χ2v) is 3.83. The predicted octanol–water partition coefficient (Wildman–Crippen LogP) is -1.07. The van der Waals surface area contributed by atoms with E-state index in [0.717, 1.165) is 46.0 Å². The molecule has 90 valence electrons. The molecule has 0 aliphatic carbocycles. The Bertz CT molecular complexity index is 134. The molecule has 0 saturated carbocycles. The first-order valence-corrected chi connectivity index (χ1v) is 5.67. The van der Waals surface area contributed by atoms with Crippen molar-refractivity contribution in [3.05, 3.63) is 0 Å². The second kappa shape index (κ2) is 8.01. The van der Waals surface area contributed by atoms with Gasteiger partial charge < -0.3 is 25.8 Å². The molecule has 0 spiro atoms. The number of nitrogens with two attached hydrogens (primary N) is 1. The number of hydrogen-bond acceptors (Lipinski definition) is 5. The molecule has 2 atom stereocenters. The standard InChI is InChI=1S/C6H14N2O.C4H9NO/c1-5(7)6-4-8-2-3-9-6;1-3-6-4-2-5-1/h5-6,8H,2-4,7H2,1H3;5H,1-4H2. The zero-order valence-electron chi connectivity index (χ0n) is 9.50. The van der Waals surface area contributed by atoms with Crippen LogP contribution in [0.5, 0.6) is 0 Å². The summed E-state index contributed by atoms with van der Waals surface area (Å²) in [4.78, 5) is 0. The molecular weight excluding hydrogens is 194 g/mol. The summed E-state index contributed by atoms with van der Waals surface area (Å²) < 4.78 is 10.4. The van der Waals surface area contributed by atoms with Gasteiger partial charge in [0.05, 0.1) is 25.9 Å². The molecule has 2 aliphatic rings. The number of nitrogens with one attached hydrogen (secondary N) is 2. The summed E-state index contributed by atoms with van der Waals surface area (Å²) in [5.74, 6) is 0. The van der Waals surface area contributed by atoms with E-state index in [2.05, 4.69) is 10.6 Å². The monoisotopic (exact) mass is 217 g/mol. The van der Waals surface area contributed by atoms with E-state index in [1.54, 1.807) is 0 Å². The minimum atomic E-state index is 0.151. The lowest BCUT2D eigenvalue weighted by Gasteiger charge is -2.26. The van der Waals surface area contributed by atoms with E-state index in [4.69, 9.17) is 15.2 Å². The largest absolute Gasteiger partial charge is 0.379 e. The highest BCUT2D eigenvalue weighted by Gasteiger charge is 2.16. The van der Waals surface area contributed by atoms with Crippen molar-refractivity contribution in [1.82, 2.24) is 10.6 Å². The maximum absolute atomic E-state index is 5.60. The van der Waals surface area contributed by atoms with Crippen molar-refractivity contribution < 1.29 is 9.47 Å². The Balaban J connectivity index is 0.000000162. The first kappa shape index (κ1) is 12.9. The Morgan fingerprint density at radius 1 is 1.13 bits per heavy atom. The Morgan fingerprint density at radius 2 is 1.80 bits per heavy atom. The molecule has 0 amide bonds. The van der Waals surface area contributed by atoms with Crippen LogP contribution in [0.15, 0.2) is 0 Å². The molecule has 5 nitrogen and oxygen atoms in total. The fraction of sp³-hybridized carbons (Fsp3) is 1.00. The van der Waals surface area contributed by atoms with Gasteiger partial charge in [0.15, 0.2) is 0 Å². The Labute approximate surface area is 91.7 Å². The van der Waals surface area contributed by atoms with Crippen LogP contribution >= 0.6 is 0 Å². The van der Waals surface area contributed by atoms with Crippen molar-refractivity contribution in [3.63, 3.8) is 0 Å². The summed E-state index contributed by atoms with van der Waals surface area (Å²) in [6, 6.07) is 0.151. The quantitative estimate of drug-likeness (QED) is 0.522. The van der Waals surface area contributed by atoms with Crippen LogP contribution in [0.1, 0.15) is 6.92 Å². The van der Waals surface area contributed by atoms with Gasteiger partial charge >= 0.3 is 0 Å². The zero-order chi connectivity index (χ0) is 10.9. The molecule has 2 rings (SSSR count). The van der Waals surface area contributed by atoms with Crippen LogP contribution in [0.4, 0.5) is 0 Å². The van der Waals surface area contributed by atoms with E-state index in [1.165, 1.54) is 0 Å². The molecular formula is C10H23N3O2. The van der Waals surface area contributed by atoms with E-state index in [1.807, 2.05) is 6.92 Å². The molecule has 15 heavy (non-hydrogen) atoms. The smallest absolute Gasteiger partial charge is 0.0847 e. The van der Waals surface area contributed by atoms with E-state index < -0.39 is 0 Å². The third kappa shape index (κ3) is 6.06. The van der Waals surface area contributed by atoms with Crippen LogP contribution in [-0.2, 0) is 9.47 Å². The van der Waals surface area contributed by atoms with Gasteiger partial charge in [-0.25, -0.2) is 0 Å². The average Bonchev–Trinajstić information content (AvgIpc) is 2.33. The summed E-state index contributed by atoms with van der Waals surface area (Å²) in [6.07, 6.45) is 0.221. The van der Waals surface area contributed by atoms with Crippen molar-refractivity contribution >= 4 is 0 Å². The van der Waals surface area contributed by atoms with Crippen molar-refractivity contribution in [2.45, 2.75) is 19.1 Å². The Morgan fingerprint density at radius 3 is 2.07 bits per heavy atom. The molecule has 2 aliphatic heterocycles. The van der Waals surface area contributed by atoms with Gasteiger partial charge in [0.2, 0.25) is 0 Å². The molecule has 0 aromatic heterocycles. The summed E-state index contributed by atoms with van der Waals surface area (Å²) >= 11 is 0. The molecule has 0 aromatic carbocycles. The van der Waals surface area contributed by atoms with Crippen LogP contribution in [0.3, 0.4) is 0 Å². The zero-order valence-corrected chi connectivity index (χ0v) is 9.50. The van der Waals surface area contributed by atoms with Gasteiger partial charge in [0.1, 0.15) is 0 Å². The van der Waals surface area contributed by atoms with Gasteiger partial charge in [-0.3, -0.25) is 0 Å². The van der Waals surface area contributed by atoms with Crippen LogP contribution in [-0.4, -0.2) is 58.1 Å². The summed E-state index contributed by atoms with van der Waals surface area (Å²) in [5.41, 5.74) is 5.60. The van der Waals surface area contributed by atoms with Crippen molar-refractivity contribution in [3.8, 4) is 0 Å². The van der Waals surface area contributed by atoms with Crippen LogP contribution < -0.4 is 16.4 Å². The lowest BCUT2D eigenvalue weighted by molar-refractivity contribution is 0.0162. The van der Waals surface area contributed by atoms with Crippen molar-refractivity contribution in [2.24, 2.45) is 5.73 Å². The van der Waals surface area contributed by atoms with Crippen LogP contribution in [0.25, 0.3) is 0 Å². The van der Waals surface area contributed by atoms with Crippen LogP contribution in [0.2, 0.25) is 0 Å². The maximum atomic E-state index is 5.60. The highest BCUT2D eigenvalue weighted by atomic mass is 16.5. The summed E-state index contributed by atoms with van der Waals surface area (Å²) in [6.45, 7) is 8.46. The summed E-state index contributed by atoms with van der Waals surface area (Å²) in [7, 11) is 0. The lowest BCUT2D eigenvalue weighted by Crippen LogP contribution is -2.47. The Hall–Kier alpha value is -0.200. The topological polar surface area (TPSA) is 68.5 Å². The molecule has 0 aromatic rings. The molecule has 2 heterocycles. The second-order valence-electron chi connectivity index (χ2n) is 3.83. The predicted molar refractivity (Wildman–Crippen MR) is 59.9 cm³/mol. The summed E-state index contributed by atoms with van der Waals surface area (Å²) in [5, 5.41) is 6.37. The van der Waals surface area contributed by atoms with E-state index in [-0.39, 0.29) is 12.1 Å². The van der Waals surface area contributed by atoms with Gasteiger partial charge in [-0.05, 0) is 6.92 Å². The molecule has 2 fully saturated rings. The van der Waals surface area contributed by atoms with Gasteiger partial charge in [0.25, 0.3) is 0 Å². The highest BCUT2D eigenvalue weighted by molar-refractivity contribution is 4.74. The van der Waals surface area contributed by atoms with Gasteiger partial charge in [-0.15, -0.1) is 0 Å². The fourth-order valence-corrected chi connectivity index (χ4v) is 1.44. The maximum Gasteiger partial charge on any atom is 0.0847 e. The molecule has 2 unspecified atom stereocenters. The molecule has 4 N–H and O–H groups in total. The minimum Gasteiger partial charge on any atom is -0.379 e. The first-order valence-electron chi connectivity index (χ1n) is 5.67. The normalized spacial score (nSPS) is 28.8. The van der Waals surface area contributed by atoms with Crippen LogP contribution in [0, 0.1) is 0 Å². The number of rotatable bonds is 1. The van der Waals surface area contributed by atoms with Gasteiger partial charge in [0, 0.05) is 32.2 Å². The fourth-order valence-electron chi connectivity index (χ4n) is 1.44. The van der Waals surface area contributed by atoms with Gasteiger partial charge in [-0.2, -0.15) is 0 Å². The number of hydrogen-bond donors (Lipinski definition) is 3. The van der Waals surface area contributed by atoms with E-state index in [0.29, 0.717) is 0 Å². The molecule has 0 bridgehead atoms. The van der Waals surface area contributed by atoms with Crippen molar-refractivity contribution in [1.29, 1.82) is 0 Å². The molecule has 2 saturated heterocycles. The third-order valence-corrected chi connectivity index (χ3v) is 2.39. The molecule has 5 heteroatoms. The minimum absolute atomic E-state index is 0.151. The molecule has 0 radical (unpaired) electrons.